The van der Waals surface area contributed by atoms with Gasteiger partial charge in [-0.1, -0.05) is 0 Å². The number of methoxy groups -OCH3 is 1. The lowest BCUT2D eigenvalue weighted by Crippen LogP contribution is -2.56. The SMILES string of the molecule is COC(=O)C(C)(COc1ccc(F)cc1F)NC(C)C. The molecule has 0 aliphatic carbocycles. The van der Waals surface area contributed by atoms with Gasteiger partial charge in [0, 0.05) is 12.1 Å². The highest BCUT2D eigenvalue weighted by molar-refractivity contribution is 5.80. The lowest BCUT2D eigenvalue weighted by atomic mass is 10.0. The zero-order chi connectivity index (χ0) is 15.3. The van der Waals surface area contributed by atoms with Crippen LogP contribution in [0.15, 0.2) is 18.2 Å². The quantitative estimate of drug-likeness (QED) is 0.815. The Labute approximate surface area is 117 Å². The molecule has 0 heterocycles. The fourth-order valence-electron chi connectivity index (χ4n) is 1.84. The lowest BCUT2D eigenvalue weighted by Gasteiger charge is -2.30. The van der Waals surface area contributed by atoms with Crippen molar-refractivity contribution < 1.29 is 23.0 Å². The highest BCUT2D eigenvalue weighted by Crippen LogP contribution is 2.19. The maximum Gasteiger partial charge on any atom is 0.329 e. The summed E-state index contributed by atoms with van der Waals surface area (Å²) in [7, 11) is 1.26. The summed E-state index contributed by atoms with van der Waals surface area (Å²) in [6, 6.07) is 2.99. The van der Waals surface area contributed by atoms with E-state index in [1.807, 2.05) is 13.8 Å². The third-order valence-electron chi connectivity index (χ3n) is 2.65. The van der Waals surface area contributed by atoms with E-state index in [9.17, 15) is 13.6 Å². The van der Waals surface area contributed by atoms with Gasteiger partial charge in [-0.25, -0.2) is 13.6 Å². The average molecular weight is 287 g/mol. The number of hydrogen-bond donors (Lipinski definition) is 1. The number of carbonyl (C=O) groups excluding carboxylic acids is 1. The van der Waals surface area contributed by atoms with Gasteiger partial charge in [0.05, 0.1) is 7.11 Å². The summed E-state index contributed by atoms with van der Waals surface area (Å²) < 4.78 is 36.3. The smallest absolute Gasteiger partial charge is 0.329 e. The van der Waals surface area contributed by atoms with Crippen molar-refractivity contribution in [3.05, 3.63) is 29.8 Å². The molecule has 4 nitrogen and oxygen atoms in total. The molecule has 1 N–H and O–H groups in total. The predicted octanol–water partition coefficient (Wildman–Crippen LogP) is 2.27. The molecule has 112 valence electrons. The molecule has 1 aromatic carbocycles. The second kappa shape index (κ2) is 6.65. The number of benzene rings is 1. The molecule has 0 aliphatic rings. The van der Waals surface area contributed by atoms with E-state index in [-0.39, 0.29) is 18.4 Å². The minimum Gasteiger partial charge on any atom is -0.488 e. The Morgan fingerprint density at radius 2 is 2.05 bits per heavy atom. The Bertz CT molecular complexity index is 479. The van der Waals surface area contributed by atoms with E-state index < -0.39 is 23.1 Å². The van der Waals surface area contributed by atoms with Gasteiger partial charge >= 0.3 is 5.97 Å². The predicted molar refractivity (Wildman–Crippen MR) is 70.5 cm³/mol. The minimum atomic E-state index is -1.12. The topological polar surface area (TPSA) is 47.6 Å². The average Bonchev–Trinajstić information content (AvgIpc) is 2.35. The van der Waals surface area contributed by atoms with Gasteiger partial charge in [-0.3, -0.25) is 5.32 Å². The molecule has 0 aliphatic heterocycles. The second-order valence-electron chi connectivity index (χ2n) is 4.99. The van der Waals surface area contributed by atoms with Crippen LogP contribution in [0.5, 0.6) is 5.75 Å². The molecule has 1 atom stereocenters. The second-order valence-corrected chi connectivity index (χ2v) is 4.99. The molecular weight excluding hydrogens is 268 g/mol. The molecule has 0 bridgehead atoms. The maximum atomic E-state index is 13.5. The molecular formula is C14H19F2NO3. The van der Waals surface area contributed by atoms with Crippen LogP contribution in [-0.4, -0.2) is 31.3 Å². The molecule has 20 heavy (non-hydrogen) atoms. The van der Waals surface area contributed by atoms with E-state index >= 15 is 0 Å². The summed E-state index contributed by atoms with van der Waals surface area (Å²) >= 11 is 0. The molecule has 0 saturated carbocycles. The fourth-order valence-corrected chi connectivity index (χ4v) is 1.84. The molecule has 0 aromatic heterocycles. The monoisotopic (exact) mass is 287 g/mol. The molecule has 6 heteroatoms. The summed E-state index contributed by atoms with van der Waals surface area (Å²) in [4.78, 5) is 11.8. The van der Waals surface area contributed by atoms with Gasteiger partial charge in [-0.15, -0.1) is 0 Å². The number of rotatable bonds is 6. The van der Waals surface area contributed by atoms with Crippen LogP contribution in [0.2, 0.25) is 0 Å². The first kappa shape index (κ1) is 16.4. The summed E-state index contributed by atoms with van der Waals surface area (Å²) in [5.41, 5.74) is -1.12. The third-order valence-corrected chi connectivity index (χ3v) is 2.65. The molecule has 1 aromatic rings. The van der Waals surface area contributed by atoms with E-state index in [2.05, 4.69) is 5.32 Å². The Morgan fingerprint density at radius 1 is 1.40 bits per heavy atom. The van der Waals surface area contributed by atoms with Crippen molar-refractivity contribution in [3.63, 3.8) is 0 Å². The van der Waals surface area contributed by atoms with E-state index in [1.165, 1.54) is 13.2 Å². The number of nitrogens with one attached hydrogen (secondary N) is 1. The molecule has 1 rings (SSSR count). The molecule has 0 amide bonds. The van der Waals surface area contributed by atoms with Crippen molar-refractivity contribution in [3.8, 4) is 5.75 Å². The van der Waals surface area contributed by atoms with Crippen molar-refractivity contribution in [2.75, 3.05) is 13.7 Å². The highest BCUT2D eigenvalue weighted by Gasteiger charge is 2.36. The van der Waals surface area contributed by atoms with E-state index in [0.29, 0.717) is 0 Å². The Morgan fingerprint density at radius 3 is 2.55 bits per heavy atom. The van der Waals surface area contributed by atoms with Crippen LogP contribution in [0.4, 0.5) is 8.78 Å². The van der Waals surface area contributed by atoms with E-state index in [0.717, 1.165) is 12.1 Å². The van der Waals surface area contributed by atoms with Crippen LogP contribution < -0.4 is 10.1 Å². The van der Waals surface area contributed by atoms with Crippen LogP contribution in [0.1, 0.15) is 20.8 Å². The van der Waals surface area contributed by atoms with Gasteiger partial charge in [0.2, 0.25) is 0 Å². The van der Waals surface area contributed by atoms with Gasteiger partial charge < -0.3 is 9.47 Å². The van der Waals surface area contributed by atoms with Crippen LogP contribution in [0.3, 0.4) is 0 Å². The Balaban J connectivity index is 2.83. The van der Waals surface area contributed by atoms with Gasteiger partial charge in [-0.2, -0.15) is 0 Å². The van der Waals surface area contributed by atoms with Crippen LogP contribution >= 0.6 is 0 Å². The minimum absolute atomic E-state index is 0.000708. The number of ether oxygens (including phenoxy) is 2. The highest BCUT2D eigenvalue weighted by atomic mass is 19.1. The third kappa shape index (κ3) is 4.16. The maximum absolute atomic E-state index is 13.5. The summed E-state index contributed by atoms with van der Waals surface area (Å²) in [6.07, 6.45) is 0. The standard InChI is InChI=1S/C14H19F2NO3/c1-9(2)17-14(3,13(18)19-4)8-20-12-6-5-10(15)7-11(12)16/h5-7,9,17H,8H2,1-4H3. The Hall–Kier alpha value is -1.69. The number of carbonyl (C=O) groups is 1. The van der Waals surface area contributed by atoms with Crippen molar-refractivity contribution in [2.45, 2.75) is 32.4 Å². The lowest BCUT2D eigenvalue weighted by molar-refractivity contribution is -0.149. The molecule has 0 fully saturated rings. The zero-order valence-electron chi connectivity index (χ0n) is 12.0. The van der Waals surface area contributed by atoms with Crippen LogP contribution in [0.25, 0.3) is 0 Å². The number of esters is 1. The molecule has 0 radical (unpaired) electrons. The summed E-state index contributed by atoms with van der Waals surface area (Å²) in [6.45, 7) is 5.18. The zero-order valence-corrected chi connectivity index (χ0v) is 12.0. The van der Waals surface area contributed by atoms with Crippen molar-refractivity contribution >= 4 is 5.97 Å². The first-order chi connectivity index (χ1) is 9.28. The number of halogens is 2. The fraction of sp³-hybridized carbons (Fsp3) is 0.500. The van der Waals surface area contributed by atoms with Gasteiger partial charge in [0.25, 0.3) is 0 Å². The Kier molecular flexibility index (Phi) is 5.44. The van der Waals surface area contributed by atoms with Crippen LogP contribution in [-0.2, 0) is 9.53 Å². The van der Waals surface area contributed by atoms with Gasteiger partial charge in [-0.05, 0) is 32.9 Å². The first-order valence-corrected chi connectivity index (χ1v) is 6.22. The van der Waals surface area contributed by atoms with Crippen molar-refractivity contribution in [2.24, 2.45) is 0 Å². The molecule has 0 spiro atoms. The van der Waals surface area contributed by atoms with Gasteiger partial charge in [0.1, 0.15) is 18.0 Å². The summed E-state index contributed by atoms with van der Waals surface area (Å²) in [5.74, 6) is -2.14. The summed E-state index contributed by atoms with van der Waals surface area (Å²) in [5, 5.41) is 3.01. The largest absolute Gasteiger partial charge is 0.488 e. The van der Waals surface area contributed by atoms with Gasteiger partial charge in [0.15, 0.2) is 11.6 Å². The molecule has 0 saturated heterocycles. The molecule has 1 unspecified atom stereocenters. The van der Waals surface area contributed by atoms with Crippen LogP contribution in [0, 0.1) is 11.6 Å². The van der Waals surface area contributed by atoms with E-state index in [1.54, 1.807) is 6.92 Å². The first-order valence-electron chi connectivity index (χ1n) is 6.22. The van der Waals surface area contributed by atoms with Crippen molar-refractivity contribution in [1.29, 1.82) is 0 Å². The normalized spacial score (nSPS) is 13.9. The number of hydrogen-bond acceptors (Lipinski definition) is 4. The van der Waals surface area contributed by atoms with E-state index in [4.69, 9.17) is 9.47 Å². The van der Waals surface area contributed by atoms with Crippen molar-refractivity contribution in [1.82, 2.24) is 5.32 Å².